The van der Waals surface area contributed by atoms with Crippen LogP contribution >= 0.6 is 12.4 Å². The van der Waals surface area contributed by atoms with Crippen molar-refractivity contribution in [3.8, 4) is 0 Å². The minimum atomic E-state index is -0.266. The number of carbonyl (C=O) groups is 2. The largest absolute Gasteiger partial charge is 0.469 e. The second kappa shape index (κ2) is 10.3. The van der Waals surface area contributed by atoms with Crippen LogP contribution in [-0.4, -0.2) is 54.5 Å². The number of rotatable bonds is 6. The topological polar surface area (TPSA) is 49.9 Å². The van der Waals surface area contributed by atoms with Crippen LogP contribution in [0, 0.1) is 0 Å². The zero-order valence-electron chi connectivity index (χ0n) is 14.4. The molecule has 24 heavy (non-hydrogen) atoms. The highest BCUT2D eigenvalue weighted by atomic mass is 35.5. The molecule has 0 atom stereocenters. The quantitative estimate of drug-likeness (QED) is 0.736. The van der Waals surface area contributed by atoms with Gasteiger partial charge in [-0.1, -0.05) is 30.3 Å². The van der Waals surface area contributed by atoms with Crippen molar-refractivity contribution >= 4 is 24.3 Å². The van der Waals surface area contributed by atoms with E-state index in [9.17, 15) is 9.59 Å². The molecule has 0 spiro atoms. The Kier molecular flexibility index (Phi) is 8.79. The van der Waals surface area contributed by atoms with Crippen molar-refractivity contribution in [2.75, 3.05) is 26.7 Å². The number of methoxy groups -OCH3 is 1. The van der Waals surface area contributed by atoms with Gasteiger partial charge in [0.05, 0.1) is 13.5 Å². The number of esters is 1. The summed E-state index contributed by atoms with van der Waals surface area (Å²) in [5.74, 6) is -0.229. The molecular weight excluding hydrogens is 328 g/mol. The summed E-state index contributed by atoms with van der Waals surface area (Å²) < 4.78 is 4.67. The molecule has 1 aliphatic heterocycles. The Morgan fingerprint density at radius 2 is 1.83 bits per heavy atom. The van der Waals surface area contributed by atoms with Gasteiger partial charge in [0.25, 0.3) is 0 Å². The lowest BCUT2D eigenvalue weighted by Crippen LogP contribution is -2.47. The maximum atomic E-state index is 11.9. The maximum absolute atomic E-state index is 11.9. The van der Waals surface area contributed by atoms with Crippen molar-refractivity contribution in [3.05, 3.63) is 35.9 Å². The number of halogens is 1. The van der Waals surface area contributed by atoms with E-state index in [1.165, 1.54) is 12.7 Å². The first kappa shape index (κ1) is 20.5. The normalized spacial score (nSPS) is 15.4. The smallest absolute Gasteiger partial charge is 0.307 e. The standard InChI is InChI=1S/C18H26N2O3.ClH/c1-15(21)20(13-10-18(22)23-2)17-8-11-19(12-9-17)14-16-6-4-3-5-7-16;/h3-7,17H,8-14H2,1-2H3;1H. The Morgan fingerprint density at radius 3 is 2.38 bits per heavy atom. The van der Waals surface area contributed by atoms with Crippen molar-refractivity contribution in [1.82, 2.24) is 9.80 Å². The van der Waals surface area contributed by atoms with Gasteiger partial charge in [-0.25, -0.2) is 0 Å². The highest BCUT2D eigenvalue weighted by Crippen LogP contribution is 2.19. The second-order valence-corrected chi connectivity index (χ2v) is 6.03. The number of piperidine rings is 1. The van der Waals surface area contributed by atoms with Crippen LogP contribution in [0.4, 0.5) is 0 Å². The fourth-order valence-corrected chi connectivity index (χ4v) is 3.14. The minimum absolute atomic E-state index is 0. The molecule has 1 fully saturated rings. The van der Waals surface area contributed by atoms with Gasteiger partial charge in [0.2, 0.25) is 5.91 Å². The van der Waals surface area contributed by atoms with E-state index in [0.717, 1.165) is 32.5 Å². The summed E-state index contributed by atoms with van der Waals surface area (Å²) in [7, 11) is 1.38. The maximum Gasteiger partial charge on any atom is 0.307 e. The zero-order valence-corrected chi connectivity index (χ0v) is 15.3. The van der Waals surface area contributed by atoms with E-state index in [1.807, 2.05) is 11.0 Å². The third kappa shape index (κ3) is 6.13. The number of nitrogens with zero attached hydrogens (tertiary/aromatic N) is 2. The number of benzene rings is 1. The molecule has 1 heterocycles. The van der Waals surface area contributed by atoms with Gasteiger partial charge in [-0.2, -0.15) is 0 Å². The van der Waals surface area contributed by atoms with Gasteiger partial charge in [-0.3, -0.25) is 14.5 Å². The summed E-state index contributed by atoms with van der Waals surface area (Å²) >= 11 is 0. The molecule has 0 aliphatic carbocycles. The molecule has 0 radical (unpaired) electrons. The van der Waals surface area contributed by atoms with Crippen LogP contribution in [0.3, 0.4) is 0 Å². The molecule has 134 valence electrons. The Hall–Kier alpha value is -1.59. The van der Waals surface area contributed by atoms with Crippen molar-refractivity contribution in [1.29, 1.82) is 0 Å². The summed E-state index contributed by atoms with van der Waals surface area (Å²) in [4.78, 5) is 27.4. The predicted octanol–water partition coefficient (Wildman–Crippen LogP) is 2.48. The third-order valence-electron chi connectivity index (χ3n) is 4.44. The molecule has 2 rings (SSSR count). The van der Waals surface area contributed by atoms with E-state index in [4.69, 9.17) is 0 Å². The summed E-state index contributed by atoms with van der Waals surface area (Å²) in [6.07, 6.45) is 2.17. The van der Waals surface area contributed by atoms with E-state index < -0.39 is 0 Å². The summed E-state index contributed by atoms with van der Waals surface area (Å²) in [5.41, 5.74) is 1.32. The van der Waals surface area contributed by atoms with Crippen molar-refractivity contribution < 1.29 is 14.3 Å². The monoisotopic (exact) mass is 354 g/mol. The molecule has 1 aromatic rings. The summed E-state index contributed by atoms with van der Waals surface area (Å²) in [6, 6.07) is 10.7. The van der Waals surface area contributed by atoms with E-state index in [0.29, 0.717) is 6.54 Å². The Bertz CT molecular complexity index is 516. The van der Waals surface area contributed by atoms with Crippen molar-refractivity contribution in [3.63, 3.8) is 0 Å². The number of likely N-dealkylation sites (tertiary alicyclic amines) is 1. The van der Waals surface area contributed by atoms with E-state index in [-0.39, 0.29) is 36.7 Å². The van der Waals surface area contributed by atoms with Gasteiger partial charge in [0.1, 0.15) is 0 Å². The van der Waals surface area contributed by atoms with Gasteiger partial charge < -0.3 is 9.64 Å². The molecular formula is C18H27ClN2O3. The van der Waals surface area contributed by atoms with Gasteiger partial charge in [-0.05, 0) is 18.4 Å². The van der Waals surface area contributed by atoms with Crippen LogP contribution in [-0.2, 0) is 20.9 Å². The molecule has 0 bridgehead atoms. The fraction of sp³-hybridized carbons (Fsp3) is 0.556. The Balaban J connectivity index is 0.00000288. The zero-order chi connectivity index (χ0) is 16.7. The molecule has 1 aliphatic rings. The van der Waals surface area contributed by atoms with Crippen LogP contribution in [0.15, 0.2) is 30.3 Å². The highest BCUT2D eigenvalue weighted by molar-refractivity contribution is 5.85. The Labute approximate surface area is 150 Å². The average Bonchev–Trinajstić information content (AvgIpc) is 2.57. The second-order valence-electron chi connectivity index (χ2n) is 6.03. The van der Waals surface area contributed by atoms with Crippen molar-refractivity contribution in [2.24, 2.45) is 0 Å². The molecule has 1 aromatic carbocycles. The number of amides is 1. The van der Waals surface area contributed by atoms with Crippen LogP contribution in [0.25, 0.3) is 0 Å². The average molecular weight is 355 g/mol. The van der Waals surface area contributed by atoms with Crippen LogP contribution in [0.5, 0.6) is 0 Å². The minimum Gasteiger partial charge on any atom is -0.469 e. The van der Waals surface area contributed by atoms with E-state index >= 15 is 0 Å². The molecule has 6 heteroatoms. The number of hydrogen-bond donors (Lipinski definition) is 0. The predicted molar refractivity (Wildman–Crippen MR) is 96.0 cm³/mol. The first-order valence-electron chi connectivity index (χ1n) is 8.20. The molecule has 0 unspecified atom stereocenters. The van der Waals surface area contributed by atoms with Gasteiger partial charge in [0, 0.05) is 39.1 Å². The van der Waals surface area contributed by atoms with Gasteiger partial charge in [-0.15, -0.1) is 12.4 Å². The van der Waals surface area contributed by atoms with E-state index in [1.54, 1.807) is 6.92 Å². The Morgan fingerprint density at radius 1 is 1.21 bits per heavy atom. The molecule has 0 saturated carbocycles. The lowest BCUT2D eigenvalue weighted by molar-refractivity contribution is -0.142. The third-order valence-corrected chi connectivity index (χ3v) is 4.44. The molecule has 0 aromatic heterocycles. The molecule has 5 nitrogen and oxygen atoms in total. The summed E-state index contributed by atoms with van der Waals surface area (Å²) in [5, 5.41) is 0. The molecule has 1 amide bonds. The van der Waals surface area contributed by atoms with Crippen LogP contribution in [0.1, 0.15) is 31.7 Å². The first-order valence-corrected chi connectivity index (χ1v) is 8.20. The first-order chi connectivity index (χ1) is 11.1. The van der Waals surface area contributed by atoms with E-state index in [2.05, 4.69) is 33.9 Å². The molecule has 0 N–H and O–H groups in total. The van der Waals surface area contributed by atoms with Crippen molar-refractivity contribution in [2.45, 2.75) is 38.8 Å². The lowest BCUT2D eigenvalue weighted by Gasteiger charge is -2.38. The lowest BCUT2D eigenvalue weighted by atomic mass is 10.0. The summed E-state index contributed by atoms with van der Waals surface area (Å²) in [6.45, 7) is 4.93. The number of ether oxygens (including phenoxy) is 1. The van der Waals surface area contributed by atoms with Crippen LogP contribution in [0.2, 0.25) is 0 Å². The van der Waals surface area contributed by atoms with Gasteiger partial charge >= 0.3 is 5.97 Å². The SMILES string of the molecule is COC(=O)CCN(C(C)=O)C1CCN(Cc2ccccc2)CC1.Cl. The fourth-order valence-electron chi connectivity index (χ4n) is 3.14. The number of hydrogen-bond acceptors (Lipinski definition) is 4. The highest BCUT2D eigenvalue weighted by Gasteiger charge is 2.26. The molecule has 1 saturated heterocycles. The number of carbonyl (C=O) groups excluding carboxylic acids is 2. The van der Waals surface area contributed by atoms with Crippen LogP contribution < -0.4 is 0 Å². The van der Waals surface area contributed by atoms with Gasteiger partial charge in [0.15, 0.2) is 0 Å².